The number of hydrogen-bond acceptors (Lipinski definition) is 6. The van der Waals surface area contributed by atoms with Crippen LogP contribution in [-0.2, 0) is 14.8 Å². The van der Waals surface area contributed by atoms with Crippen molar-refractivity contribution in [2.24, 2.45) is 4.99 Å². The molecule has 0 spiro atoms. The summed E-state index contributed by atoms with van der Waals surface area (Å²) in [6.07, 6.45) is 6.31. The molecule has 1 aliphatic heterocycles. The highest BCUT2D eigenvalue weighted by Gasteiger charge is 2.17. The summed E-state index contributed by atoms with van der Waals surface area (Å²) in [5.74, 6) is 0.0613. The van der Waals surface area contributed by atoms with Gasteiger partial charge < -0.3 is 5.32 Å². The highest BCUT2D eigenvalue weighted by molar-refractivity contribution is 7.90. The average molecular weight is 442 g/mol. The van der Waals surface area contributed by atoms with Gasteiger partial charge in [-0.1, -0.05) is 6.42 Å². The Morgan fingerprint density at radius 1 is 1.03 bits per heavy atom. The molecule has 2 aromatic carbocycles. The number of hydrogen-bond donors (Lipinski definition) is 2. The number of nitro benzene ring substituents is 1. The summed E-state index contributed by atoms with van der Waals surface area (Å²) in [7, 11) is -3.73. The number of benzene rings is 2. The van der Waals surface area contributed by atoms with E-state index in [2.05, 4.69) is 15.0 Å². The first-order valence-corrected chi connectivity index (χ1v) is 11.2. The number of non-ortho nitro benzene ring substituents is 1. The molecular formula is C21H22N4O5S. The number of amides is 1. The van der Waals surface area contributed by atoms with Gasteiger partial charge in [0.05, 0.1) is 9.82 Å². The Hall–Kier alpha value is -3.53. The summed E-state index contributed by atoms with van der Waals surface area (Å²) in [4.78, 5) is 26.6. The lowest BCUT2D eigenvalue weighted by atomic mass is 10.2. The maximum absolute atomic E-state index is 12.5. The minimum atomic E-state index is -3.73. The second-order valence-electron chi connectivity index (χ2n) is 6.94. The first-order chi connectivity index (χ1) is 14.8. The summed E-state index contributed by atoms with van der Waals surface area (Å²) in [5, 5.41) is 13.3. The molecule has 0 saturated carbocycles. The fourth-order valence-corrected chi connectivity index (χ4v) is 4.04. The van der Waals surface area contributed by atoms with Crippen molar-refractivity contribution in [1.82, 2.24) is 4.72 Å². The Morgan fingerprint density at radius 3 is 2.42 bits per heavy atom. The largest absolute Gasteiger partial charge is 0.323 e. The Balaban J connectivity index is 1.59. The van der Waals surface area contributed by atoms with Gasteiger partial charge in [-0.05, 0) is 60.9 Å². The summed E-state index contributed by atoms with van der Waals surface area (Å²) < 4.78 is 27.6. The lowest BCUT2D eigenvalue weighted by molar-refractivity contribution is -0.384. The van der Waals surface area contributed by atoms with Crippen LogP contribution >= 0.6 is 0 Å². The predicted molar refractivity (Wildman–Crippen MR) is 118 cm³/mol. The lowest BCUT2D eigenvalue weighted by Crippen LogP contribution is -2.30. The standard InChI is InChI=1S/C21H22N4O5S/c26-21(14-7-16-5-10-18(11-6-16)25(27)28)23-17-8-12-19(13-9-17)31(29,30)24-20-4-2-1-3-15-22-20/h5-14H,1-4,15H2,(H,22,24)(H,23,26)/b14-7+. The van der Waals surface area contributed by atoms with E-state index < -0.39 is 20.9 Å². The number of anilines is 1. The van der Waals surface area contributed by atoms with Crippen LogP contribution < -0.4 is 10.0 Å². The smallest absolute Gasteiger partial charge is 0.269 e. The van der Waals surface area contributed by atoms with E-state index in [4.69, 9.17) is 0 Å². The van der Waals surface area contributed by atoms with Gasteiger partial charge in [0.2, 0.25) is 5.91 Å². The van der Waals surface area contributed by atoms with Crippen molar-refractivity contribution in [2.45, 2.75) is 30.6 Å². The number of aliphatic imine (C=N–C) groups is 1. The molecule has 0 radical (unpaired) electrons. The molecule has 1 amide bonds. The zero-order valence-electron chi connectivity index (χ0n) is 16.7. The van der Waals surface area contributed by atoms with E-state index in [0.29, 0.717) is 30.1 Å². The monoisotopic (exact) mass is 442 g/mol. The molecule has 2 N–H and O–H groups in total. The van der Waals surface area contributed by atoms with Crippen molar-refractivity contribution in [1.29, 1.82) is 0 Å². The fourth-order valence-electron chi connectivity index (χ4n) is 2.95. The predicted octanol–water partition coefficient (Wildman–Crippen LogP) is 3.50. The molecule has 0 atom stereocenters. The number of amidine groups is 1. The molecule has 0 saturated heterocycles. The van der Waals surface area contributed by atoms with Crippen LogP contribution in [0.3, 0.4) is 0 Å². The highest BCUT2D eigenvalue weighted by atomic mass is 32.2. The van der Waals surface area contributed by atoms with Crippen molar-refractivity contribution in [3.05, 3.63) is 70.3 Å². The summed E-state index contributed by atoms with van der Waals surface area (Å²) in [6, 6.07) is 11.6. The first-order valence-electron chi connectivity index (χ1n) is 9.73. The zero-order chi connectivity index (χ0) is 22.3. The summed E-state index contributed by atoms with van der Waals surface area (Å²) in [6.45, 7) is 0.621. The van der Waals surface area contributed by atoms with Gasteiger partial charge in [-0.3, -0.25) is 24.6 Å². The van der Waals surface area contributed by atoms with Gasteiger partial charge in [0.1, 0.15) is 5.84 Å². The second-order valence-corrected chi connectivity index (χ2v) is 8.62. The Morgan fingerprint density at radius 2 is 1.74 bits per heavy atom. The molecule has 1 aliphatic rings. The van der Waals surface area contributed by atoms with Crippen LogP contribution in [0.15, 0.2) is 64.5 Å². The van der Waals surface area contributed by atoms with Crippen molar-refractivity contribution in [3.63, 3.8) is 0 Å². The number of nitrogens with one attached hydrogen (secondary N) is 2. The van der Waals surface area contributed by atoms with E-state index in [1.165, 1.54) is 60.7 Å². The summed E-state index contributed by atoms with van der Waals surface area (Å²) in [5.41, 5.74) is 1.04. The molecule has 0 aliphatic carbocycles. The second kappa shape index (κ2) is 9.98. The van der Waals surface area contributed by atoms with E-state index in [1.807, 2.05) is 0 Å². The van der Waals surface area contributed by atoms with Gasteiger partial charge >= 0.3 is 0 Å². The number of sulfonamides is 1. The molecule has 10 heteroatoms. The van der Waals surface area contributed by atoms with Gasteiger partial charge in [-0.15, -0.1) is 0 Å². The lowest BCUT2D eigenvalue weighted by Gasteiger charge is -2.10. The minimum absolute atomic E-state index is 0.0303. The molecule has 0 unspecified atom stereocenters. The third kappa shape index (κ3) is 6.48. The van der Waals surface area contributed by atoms with Crippen molar-refractivity contribution in [2.75, 3.05) is 11.9 Å². The van der Waals surface area contributed by atoms with Crippen LogP contribution in [0.1, 0.15) is 31.2 Å². The molecule has 9 nitrogen and oxygen atoms in total. The SMILES string of the molecule is O=C(/C=C/c1ccc([N+](=O)[O-])cc1)Nc1ccc(S(=O)(=O)NC2=NCCCCC2)cc1. The van der Waals surface area contributed by atoms with Crippen LogP contribution in [0, 0.1) is 10.1 Å². The molecule has 0 aromatic heterocycles. The van der Waals surface area contributed by atoms with Crippen molar-refractivity contribution in [3.8, 4) is 0 Å². The van der Waals surface area contributed by atoms with E-state index in [0.717, 1.165) is 19.3 Å². The van der Waals surface area contributed by atoms with Crippen LogP contribution in [0.2, 0.25) is 0 Å². The number of nitrogens with zero attached hydrogens (tertiary/aromatic N) is 2. The average Bonchev–Trinajstić information content (AvgIpc) is 3.01. The van der Waals surface area contributed by atoms with Gasteiger partial charge in [0, 0.05) is 36.9 Å². The topological polar surface area (TPSA) is 131 Å². The van der Waals surface area contributed by atoms with Crippen LogP contribution in [0.5, 0.6) is 0 Å². The van der Waals surface area contributed by atoms with E-state index >= 15 is 0 Å². The molecule has 0 bridgehead atoms. The molecule has 1 heterocycles. The zero-order valence-corrected chi connectivity index (χ0v) is 17.5. The first kappa shape index (κ1) is 22.2. The normalized spacial score (nSPS) is 14.5. The molecule has 162 valence electrons. The highest BCUT2D eigenvalue weighted by Crippen LogP contribution is 2.16. The maximum atomic E-state index is 12.5. The molecule has 31 heavy (non-hydrogen) atoms. The van der Waals surface area contributed by atoms with Gasteiger partial charge in [0.15, 0.2) is 0 Å². The van der Waals surface area contributed by atoms with Crippen LogP contribution in [0.4, 0.5) is 11.4 Å². The number of nitro groups is 1. The van der Waals surface area contributed by atoms with Gasteiger partial charge in [-0.25, -0.2) is 8.42 Å². The number of carbonyl (C=O) groups excluding carboxylic acids is 1. The van der Waals surface area contributed by atoms with E-state index in [9.17, 15) is 23.3 Å². The maximum Gasteiger partial charge on any atom is 0.269 e. The minimum Gasteiger partial charge on any atom is -0.323 e. The fraction of sp³-hybridized carbons (Fsp3) is 0.238. The molecule has 3 rings (SSSR count). The molecular weight excluding hydrogens is 420 g/mol. The van der Waals surface area contributed by atoms with Gasteiger partial charge in [0.25, 0.3) is 15.7 Å². The third-order valence-corrected chi connectivity index (χ3v) is 5.99. The van der Waals surface area contributed by atoms with E-state index in [-0.39, 0.29) is 10.6 Å². The van der Waals surface area contributed by atoms with Crippen LogP contribution in [-0.4, -0.2) is 31.6 Å². The quantitative estimate of drug-likeness (QED) is 0.402. The van der Waals surface area contributed by atoms with Crippen LogP contribution in [0.25, 0.3) is 6.08 Å². The van der Waals surface area contributed by atoms with Gasteiger partial charge in [-0.2, -0.15) is 0 Å². The third-order valence-electron chi connectivity index (χ3n) is 4.59. The molecule has 0 fully saturated rings. The Labute approximate surface area is 180 Å². The number of carbonyl (C=O) groups is 1. The molecule has 2 aromatic rings. The van der Waals surface area contributed by atoms with Crippen molar-refractivity contribution >= 4 is 39.2 Å². The Bertz CT molecular complexity index is 1110. The summed E-state index contributed by atoms with van der Waals surface area (Å²) >= 11 is 0. The van der Waals surface area contributed by atoms with Crippen molar-refractivity contribution < 1.29 is 18.1 Å². The number of rotatable bonds is 6. The Kier molecular flexibility index (Phi) is 7.14. The van der Waals surface area contributed by atoms with E-state index in [1.54, 1.807) is 0 Å².